The molecule has 1 aromatic heterocycles. The molecular weight excluding hydrogens is 414 g/mol. The van der Waals surface area contributed by atoms with Gasteiger partial charge in [0, 0.05) is 24.7 Å². The van der Waals surface area contributed by atoms with E-state index in [2.05, 4.69) is 15.2 Å². The number of hydrogen-bond donors (Lipinski definition) is 1. The highest BCUT2D eigenvalue weighted by atomic mass is 35.5. The summed E-state index contributed by atoms with van der Waals surface area (Å²) in [5, 5.41) is 3.55. The van der Waals surface area contributed by atoms with Crippen molar-refractivity contribution in [2.45, 2.75) is 44.6 Å². The molecule has 1 aliphatic heterocycles. The standard InChI is InChI=1S/C24H26ClN3O3/c25-19-15-17(9-10-21(19)30-18-5-1-2-6-18)26-23(29)16-11-13-28(14-12-16)24-27-20-7-3-4-8-22(20)31-24/h3-4,7-10,15-16,18H,1-2,5-6,11-14H2,(H,26,29). The van der Waals surface area contributed by atoms with Crippen LogP contribution in [0, 0.1) is 5.92 Å². The monoisotopic (exact) mass is 439 g/mol. The fourth-order valence-corrected chi connectivity index (χ4v) is 4.66. The van der Waals surface area contributed by atoms with Crippen molar-refractivity contribution in [3.8, 4) is 5.75 Å². The van der Waals surface area contributed by atoms with Crippen LogP contribution >= 0.6 is 11.6 Å². The van der Waals surface area contributed by atoms with Crippen LogP contribution in [0.25, 0.3) is 11.1 Å². The minimum absolute atomic E-state index is 0.0257. The molecule has 1 saturated heterocycles. The Hall–Kier alpha value is -2.73. The number of amides is 1. The topological polar surface area (TPSA) is 67.6 Å². The van der Waals surface area contributed by atoms with Gasteiger partial charge in [-0.2, -0.15) is 4.98 Å². The Kier molecular flexibility index (Phi) is 5.72. The highest BCUT2D eigenvalue weighted by molar-refractivity contribution is 6.32. The lowest BCUT2D eigenvalue weighted by Gasteiger charge is -2.30. The summed E-state index contributed by atoms with van der Waals surface area (Å²) >= 11 is 6.40. The van der Waals surface area contributed by atoms with Crippen LogP contribution < -0.4 is 15.0 Å². The third-order valence-corrected chi connectivity index (χ3v) is 6.51. The van der Waals surface area contributed by atoms with Gasteiger partial charge in [-0.3, -0.25) is 4.79 Å². The lowest BCUT2D eigenvalue weighted by atomic mass is 9.96. The molecule has 2 aliphatic rings. The smallest absolute Gasteiger partial charge is 0.298 e. The predicted octanol–water partition coefficient (Wildman–Crippen LogP) is 5.66. The highest BCUT2D eigenvalue weighted by Crippen LogP contribution is 2.32. The minimum atomic E-state index is -0.0474. The number of carbonyl (C=O) groups excluding carboxylic acids is 1. The second kappa shape index (κ2) is 8.79. The Bertz CT molecular complexity index is 1040. The number of carbonyl (C=O) groups is 1. The van der Waals surface area contributed by atoms with Crippen molar-refractivity contribution in [2.75, 3.05) is 23.3 Å². The van der Waals surface area contributed by atoms with Crippen molar-refractivity contribution in [3.05, 3.63) is 47.5 Å². The number of benzene rings is 2. The normalized spacial score (nSPS) is 17.9. The first-order valence-electron chi connectivity index (χ1n) is 11.0. The number of hydrogen-bond acceptors (Lipinski definition) is 5. The van der Waals surface area contributed by atoms with E-state index in [0.29, 0.717) is 22.5 Å². The van der Waals surface area contributed by atoms with Gasteiger partial charge in [0.25, 0.3) is 6.01 Å². The molecule has 2 heterocycles. The SMILES string of the molecule is O=C(Nc1ccc(OC2CCCC2)c(Cl)c1)C1CCN(c2nc3ccccc3o2)CC1. The molecule has 0 bridgehead atoms. The van der Waals surface area contributed by atoms with E-state index in [1.54, 1.807) is 6.07 Å². The highest BCUT2D eigenvalue weighted by Gasteiger charge is 2.27. The summed E-state index contributed by atoms with van der Waals surface area (Å²) in [4.78, 5) is 19.5. The molecule has 5 rings (SSSR count). The number of aromatic nitrogens is 1. The van der Waals surface area contributed by atoms with Crippen molar-refractivity contribution in [2.24, 2.45) is 5.92 Å². The van der Waals surface area contributed by atoms with Crippen molar-refractivity contribution < 1.29 is 13.9 Å². The number of nitrogens with zero attached hydrogens (tertiary/aromatic N) is 2. The summed E-state index contributed by atoms with van der Waals surface area (Å²) in [5.74, 6) is 0.671. The quantitative estimate of drug-likeness (QED) is 0.555. The lowest BCUT2D eigenvalue weighted by molar-refractivity contribution is -0.120. The van der Waals surface area contributed by atoms with Crippen LogP contribution in [0.4, 0.5) is 11.7 Å². The first-order valence-corrected chi connectivity index (χ1v) is 11.4. The second-order valence-electron chi connectivity index (χ2n) is 8.38. The second-order valence-corrected chi connectivity index (χ2v) is 8.79. The zero-order valence-corrected chi connectivity index (χ0v) is 18.1. The average Bonchev–Trinajstić information content (AvgIpc) is 3.45. The molecule has 162 valence electrons. The fraction of sp³-hybridized carbons (Fsp3) is 0.417. The molecular formula is C24H26ClN3O3. The Labute approximate surface area is 186 Å². The van der Waals surface area contributed by atoms with E-state index in [4.69, 9.17) is 20.8 Å². The van der Waals surface area contributed by atoms with Crippen LogP contribution in [0.2, 0.25) is 5.02 Å². The van der Waals surface area contributed by atoms with Crippen LogP contribution in [0.1, 0.15) is 38.5 Å². The Morgan fingerprint density at radius 2 is 1.87 bits per heavy atom. The molecule has 3 aromatic rings. The van der Waals surface area contributed by atoms with Gasteiger partial charge in [0.2, 0.25) is 5.91 Å². The maximum absolute atomic E-state index is 12.8. The van der Waals surface area contributed by atoms with Gasteiger partial charge in [0.1, 0.15) is 11.3 Å². The summed E-state index contributed by atoms with van der Waals surface area (Å²) in [6.45, 7) is 1.47. The number of ether oxygens (including phenoxy) is 1. The molecule has 6 nitrogen and oxygen atoms in total. The molecule has 7 heteroatoms. The zero-order valence-electron chi connectivity index (χ0n) is 17.4. The van der Waals surface area contributed by atoms with Gasteiger partial charge in [-0.15, -0.1) is 0 Å². The maximum Gasteiger partial charge on any atom is 0.298 e. The van der Waals surface area contributed by atoms with E-state index in [1.807, 2.05) is 36.4 Å². The Morgan fingerprint density at radius 3 is 2.61 bits per heavy atom. The Balaban J connectivity index is 1.16. The van der Waals surface area contributed by atoms with Gasteiger partial charge < -0.3 is 19.4 Å². The van der Waals surface area contributed by atoms with Crippen molar-refractivity contribution in [3.63, 3.8) is 0 Å². The minimum Gasteiger partial charge on any atom is -0.489 e. The van der Waals surface area contributed by atoms with E-state index < -0.39 is 0 Å². The van der Waals surface area contributed by atoms with Crippen LogP contribution in [0.3, 0.4) is 0 Å². The van der Waals surface area contributed by atoms with Crippen molar-refractivity contribution >= 4 is 40.3 Å². The van der Waals surface area contributed by atoms with E-state index in [9.17, 15) is 4.79 Å². The third-order valence-electron chi connectivity index (χ3n) is 6.21. The number of halogens is 1. The van der Waals surface area contributed by atoms with E-state index in [1.165, 1.54) is 12.8 Å². The number of para-hydroxylation sites is 2. The molecule has 1 N–H and O–H groups in total. The molecule has 1 amide bonds. The van der Waals surface area contributed by atoms with E-state index in [-0.39, 0.29) is 17.9 Å². The number of rotatable bonds is 5. The lowest BCUT2D eigenvalue weighted by Crippen LogP contribution is -2.38. The van der Waals surface area contributed by atoms with Crippen molar-refractivity contribution in [1.82, 2.24) is 4.98 Å². The molecule has 1 aliphatic carbocycles. The molecule has 0 unspecified atom stereocenters. The number of fused-ring (bicyclic) bond motifs is 1. The van der Waals surface area contributed by atoms with Gasteiger partial charge in [0.05, 0.1) is 11.1 Å². The molecule has 2 fully saturated rings. The first kappa shape index (κ1) is 20.2. The zero-order chi connectivity index (χ0) is 21.2. The van der Waals surface area contributed by atoms with E-state index in [0.717, 1.165) is 49.9 Å². The summed E-state index contributed by atoms with van der Waals surface area (Å²) in [6, 6.07) is 13.9. The number of oxazole rings is 1. The van der Waals surface area contributed by atoms with Crippen LogP contribution in [0.15, 0.2) is 46.9 Å². The molecule has 2 aromatic carbocycles. The fourth-order valence-electron chi connectivity index (χ4n) is 4.43. The molecule has 0 atom stereocenters. The van der Waals surface area contributed by atoms with Gasteiger partial charge in [-0.25, -0.2) is 0 Å². The van der Waals surface area contributed by atoms with Crippen LogP contribution in [-0.4, -0.2) is 30.1 Å². The average molecular weight is 440 g/mol. The predicted molar refractivity (Wildman–Crippen MR) is 122 cm³/mol. The third kappa shape index (κ3) is 4.49. The van der Waals surface area contributed by atoms with E-state index >= 15 is 0 Å². The molecule has 0 radical (unpaired) electrons. The maximum atomic E-state index is 12.8. The first-order chi connectivity index (χ1) is 15.2. The number of anilines is 2. The number of nitrogens with one attached hydrogen (secondary N) is 1. The number of piperidine rings is 1. The van der Waals surface area contributed by atoms with Gasteiger partial charge in [-0.05, 0) is 68.9 Å². The molecule has 1 saturated carbocycles. The van der Waals surface area contributed by atoms with Crippen LogP contribution in [0.5, 0.6) is 5.75 Å². The summed E-state index contributed by atoms with van der Waals surface area (Å²) < 4.78 is 11.9. The van der Waals surface area contributed by atoms with Gasteiger partial charge >= 0.3 is 0 Å². The van der Waals surface area contributed by atoms with Crippen LogP contribution in [-0.2, 0) is 4.79 Å². The Morgan fingerprint density at radius 1 is 1.10 bits per heavy atom. The van der Waals surface area contributed by atoms with Gasteiger partial charge in [-0.1, -0.05) is 23.7 Å². The molecule has 31 heavy (non-hydrogen) atoms. The molecule has 0 spiro atoms. The summed E-state index contributed by atoms with van der Waals surface area (Å²) in [7, 11) is 0. The largest absolute Gasteiger partial charge is 0.489 e. The van der Waals surface area contributed by atoms with Gasteiger partial charge in [0.15, 0.2) is 5.58 Å². The summed E-state index contributed by atoms with van der Waals surface area (Å²) in [5.41, 5.74) is 2.35. The van der Waals surface area contributed by atoms with Crippen molar-refractivity contribution in [1.29, 1.82) is 0 Å². The summed E-state index contributed by atoms with van der Waals surface area (Å²) in [6.07, 6.45) is 6.34.